The average molecular weight is 306 g/mol. The minimum absolute atomic E-state index is 0.341. The van der Waals surface area contributed by atoms with Gasteiger partial charge in [0, 0.05) is 13.2 Å². The third kappa shape index (κ3) is 1.58. The smallest absolute Gasteiger partial charge is 0.284 e. The first-order valence-corrected chi connectivity index (χ1v) is 6.96. The van der Waals surface area contributed by atoms with E-state index >= 15 is 0 Å². The van der Waals surface area contributed by atoms with Crippen molar-refractivity contribution in [1.29, 1.82) is 0 Å². The summed E-state index contributed by atoms with van der Waals surface area (Å²) in [5.74, 6) is 0.548. The summed E-state index contributed by atoms with van der Waals surface area (Å²) in [7, 11) is 1.75. The van der Waals surface area contributed by atoms with Gasteiger partial charge in [0.1, 0.15) is 5.39 Å². The van der Waals surface area contributed by atoms with E-state index in [4.69, 9.17) is 0 Å². The Morgan fingerprint density at radius 1 is 1.13 bits per heavy atom. The zero-order chi connectivity index (χ0) is 15.6. The van der Waals surface area contributed by atoms with E-state index in [0.29, 0.717) is 28.2 Å². The lowest BCUT2D eigenvalue weighted by atomic mass is 10.3. The minimum Gasteiger partial charge on any atom is -0.336 e. The molecule has 0 saturated heterocycles. The summed E-state index contributed by atoms with van der Waals surface area (Å²) in [6.07, 6.45) is 1.64. The van der Waals surface area contributed by atoms with Crippen LogP contribution in [0.2, 0.25) is 0 Å². The van der Waals surface area contributed by atoms with Gasteiger partial charge in [-0.05, 0) is 12.1 Å². The Kier molecular flexibility index (Phi) is 2.12. The van der Waals surface area contributed by atoms with Crippen molar-refractivity contribution < 1.29 is 0 Å². The molecule has 0 atom stereocenters. The van der Waals surface area contributed by atoms with E-state index in [0.717, 1.165) is 11.0 Å². The molecule has 4 aromatic heterocycles. The fourth-order valence-electron chi connectivity index (χ4n) is 2.73. The highest BCUT2D eigenvalue weighted by molar-refractivity contribution is 5.83. The third-order valence-corrected chi connectivity index (χ3v) is 3.76. The van der Waals surface area contributed by atoms with E-state index in [1.54, 1.807) is 22.4 Å². The largest absolute Gasteiger partial charge is 0.336 e. The summed E-state index contributed by atoms with van der Waals surface area (Å²) < 4.78 is 3.15. The minimum atomic E-state index is -0.341. The molecule has 0 aliphatic carbocycles. The molecule has 2 N–H and O–H groups in total. The molecule has 1 aromatic carbocycles. The Labute approximate surface area is 127 Å². The summed E-state index contributed by atoms with van der Waals surface area (Å²) in [6.45, 7) is 0. The number of aromatic amines is 2. The van der Waals surface area contributed by atoms with Crippen LogP contribution in [0.3, 0.4) is 0 Å². The molecule has 9 nitrogen and oxygen atoms in total. The zero-order valence-corrected chi connectivity index (χ0v) is 12.0. The predicted octanol–water partition coefficient (Wildman–Crippen LogP) is 0.848. The standard InChI is InChI=1S/C14H10N8O/c1-21-6-7-12(19-21)22-13(17-14(7)23)10(18-20-22)11-15-8-4-2-3-5-9(8)16-11/h2-6,20H,1H3,(H,15,16). The quantitative estimate of drug-likeness (QED) is 0.477. The predicted molar refractivity (Wildman–Crippen MR) is 83.0 cm³/mol. The number of nitrogens with one attached hydrogen (secondary N) is 2. The lowest BCUT2D eigenvalue weighted by Gasteiger charge is -1.93. The maximum atomic E-state index is 12.2. The molecule has 0 amide bonds. The molecule has 0 unspecified atom stereocenters. The van der Waals surface area contributed by atoms with Gasteiger partial charge in [-0.25, -0.2) is 10.2 Å². The SMILES string of the molecule is Cn1cc2c(=O)nc3c(-c4nc5ccccc5[nH]4)n[nH]n3c2n1. The number of para-hydroxylation sites is 2. The van der Waals surface area contributed by atoms with Crippen molar-refractivity contribution >= 4 is 27.7 Å². The van der Waals surface area contributed by atoms with Crippen molar-refractivity contribution in [2.24, 2.45) is 7.05 Å². The Morgan fingerprint density at radius 2 is 2.00 bits per heavy atom. The number of benzene rings is 1. The monoisotopic (exact) mass is 306 g/mol. The number of nitrogens with zero attached hydrogens (tertiary/aromatic N) is 6. The molecule has 0 saturated carbocycles. The molecular formula is C14H10N8O. The second-order valence-electron chi connectivity index (χ2n) is 5.28. The molecule has 23 heavy (non-hydrogen) atoms. The van der Waals surface area contributed by atoms with Gasteiger partial charge in [0.2, 0.25) is 0 Å². The van der Waals surface area contributed by atoms with Gasteiger partial charge in [-0.2, -0.15) is 19.7 Å². The molecular weight excluding hydrogens is 296 g/mol. The molecule has 0 fully saturated rings. The van der Waals surface area contributed by atoms with Crippen molar-refractivity contribution in [3.05, 3.63) is 40.8 Å². The van der Waals surface area contributed by atoms with Gasteiger partial charge in [0.25, 0.3) is 5.56 Å². The molecule has 5 rings (SSSR count). The van der Waals surface area contributed by atoms with Crippen LogP contribution < -0.4 is 5.56 Å². The fraction of sp³-hybridized carbons (Fsp3) is 0.0714. The van der Waals surface area contributed by atoms with Crippen molar-refractivity contribution in [3.8, 4) is 11.5 Å². The molecule has 0 radical (unpaired) electrons. The van der Waals surface area contributed by atoms with Gasteiger partial charge >= 0.3 is 0 Å². The van der Waals surface area contributed by atoms with Crippen LogP contribution in [0.1, 0.15) is 0 Å². The van der Waals surface area contributed by atoms with Crippen LogP contribution in [-0.2, 0) is 7.05 Å². The van der Waals surface area contributed by atoms with E-state index in [1.165, 1.54) is 0 Å². The average Bonchev–Trinajstić information content (AvgIpc) is 3.21. The maximum Gasteiger partial charge on any atom is 0.284 e. The number of aromatic nitrogens is 8. The first-order valence-electron chi connectivity index (χ1n) is 6.96. The Morgan fingerprint density at radius 3 is 2.87 bits per heavy atom. The van der Waals surface area contributed by atoms with Gasteiger partial charge in [-0.1, -0.05) is 12.1 Å². The van der Waals surface area contributed by atoms with Crippen LogP contribution in [0, 0.1) is 0 Å². The number of aryl methyl sites for hydroxylation is 1. The molecule has 4 heterocycles. The first kappa shape index (κ1) is 12.1. The lowest BCUT2D eigenvalue weighted by molar-refractivity contribution is 0.761. The van der Waals surface area contributed by atoms with E-state index < -0.39 is 0 Å². The Hall–Kier alpha value is -3.49. The summed E-state index contributed by atoms with van der Waals surface area (Å²) in [4.78, 5) is 24.0. The number of fused-ring (bicyclic) bond motifs is 4. The zero-order valence-electron chi connectivity index (χ0n) is 12.0. The van der Waals surface area contributed by atoms with Gasteiger partial charge < -0.3 is 4.98 Å². The molecule has 0 bridgehead atoms. The number of rotatable bonds is 1. The number of hydrogen-bond donors (Lipinski definition) is 2. The van der Waals surface area contributed by atoms with Crippen LogP contribution in [-0.4, -0.2) is 39.6 Å². The second-order valence-corrected chi connectivity index (χ2v) is 5.28. The van der Waals surface area contributed by atoms with Crippen molar-refractivity contribution in [2.75, 3.05) is 0 Å². The summed E-state index contributed by atoms with van der Waals surface area (Å²) in [5, 5.41) is 11.8. The van der Waals surface area contributed by atoms with Crippen LogP contribution in [0.15, 0.2) is 35.3 Å². The fourth-order valence-corrected chi connectivity index (χ4v) is 2.73. The van der Waals surface area contributed by atoms with Gasteiger partial charge in [0.05, 0.1) is 11.0 Å². The topological polar surface area (TPSA) is 110 Å². The van der Waals surface area contributed by atoms with Crippen LogP contribution >= 0.6 is 0 Å². The van der Waals surface area contributed by atoms with Gasteiger partial charge in [-0.3, -0.25) is 9.48 Å². The first-order chi connectivity index (χ1) is 11.2. The number of imidazole rings is 1. The van der Waals surface area contributed by atoms with E-state index in [1.807, 2.05) is 24.3 Å². The highest BCUT2D eigenvalue weighted by Crippen LogP contribution is 2.22. The van der Waals surface area contributed by atoms with E-state index in [-0.39, 0.29) is 5.56 Å². The Balaban J connectivity index is 1.87. The highest BCUT2D eigenvalue weighted by Gasteiger charge is 2.18. The summed E-state index contributed by atoms with van der Waals surface area (Å²) in [5.41, 5.74) is 2.73. The van der Waals surface area contributed by atoms with E-state index in [2.05, 4.69) is 30.4 Å². The van der Waals surface area contributed by atoms with Crippen molar-refractivity contribution in [1.82, 2.24) is 39.6 Å². The van der Waals surface area contributed by atoms with Crippen molar-refractivity contribution in [2.45, 2.75) is 0 Å². The Bertz CT molecular complexity index is 1220. The molecule has 0 aliphatic heterocycles. The lowest BCUT2D eigenvalue weighted by Crippen LogP contribution is -2.09. The van der Waals surface area contributed by atoms with Crippen LogP contribution in [0.25, 0.3) is 39.2 Å². The summed E-state index contributed by atoms with van der Waals surface area (Å²) >= 11 is 0. The number of H-pyrrole nitrogens is 2. The van der Waals surface area contributed by atoms with E-state index in [9.17, 15) is 4.79 Å². The number of hydrogen-bond acceptors (Lipinski definition) is 5. The molecule has 0 aliphatic rings. The highest BCUT2D eigenvalue weighted by atomic mass is 16.1. The molecule has 0 spiro atoms. The molecule has 5 aromatic rings. The second kappa shape index (κ2) is 4.03. The molecule has 112 valence electrons. The third-order valence-electron chi connectivity index (χ3n) is 3.76. The molecule has 9 heteroatoms. The van der Waals surface area contributed by atoms with Gasteiger partial charge in [0.15, 0.2) is 22.8 Å². The van der Waals surface area contributed by atoms with Crippen LogP contribution in [0.4, 0.5) is 0 Å². The maximum absolute atomic E-state index is 12.2. The normalized spacial score (nSPS) is 11.9. The van der Waals surface area contributed by atoms with Crippen molar-refractivity contribution in [3.63, 3.8) is 0 Å². The summed E-state index contributed by atoms with van der Waals surface area (Å²) in [6, 6.07) is 7.67. The van der Waals surface area contributed by atoms with Gasteiger partial charge in [-0.15, -0.1) is 0 Å². The van der Waals surface area contributed by atoms with Crippen LogP contribution in [0.5, 0.6) is 0 Å².